The minimum atomic E-state index is -3.62. The number of amides is 1. The summed E-state index contributed by atoms with van der Waals surface area (Å²) in [4.78, 5) is 12.0. The molecule has 8 heteroatoms. The van der Waals surface area contributed by atoms with Crippen molar-refractivity contribution in [1.82, 2.24) is 5.32 Å². The molecule has 0 heterocycles. The van der Waals surface area contributed by atoms with Gasteiger partial charge in [-0.3, -0.25) is 9.10 Å². The highest BCUT2D eigenvalue weighted by Gasteiger charge is 2.22. The Kier molecular flexibility index (Phi) is 6.49. The number of rotatable bonds is 7. The van der Waals surface area contributed by atoms with E-state index in [9.17, 15) is 13.2 Å². The van der Waals surface area contributed by atoms with Crippen LogP contribution in [0.15, 0.2) is 18.2 Å². The van der Waals surface area contributed by atoms with Crippen LogP contribution in [0.2, 0.25) is 5.02 Å². The third kappa shape index (κ3) is 5.06. The molecule has 0 fully saturated rings. The van der Waals surface area contributed by atoms with Crippen LogP contribution in [0.3, 0.4) is 0 Å². The topological polar surface area (TPSA) is 75.7 Å². The molecule has 1 amide bonds. The van der Waals surface area contributed by atoms with Crippen LogP contribution >= 0.6 is 11.6 Å². The van der Waals surface area contributed by atoms with Gasteiger partial charge in [0.05, 0.1) is 24.1 Å². The molecule has 1 atom stereocenters. The maximum absolute atomic E-state index is 12.0. The van der Waals surface area contributed by atoms with Gasteiger partial charge in [0.1, 0.15) is 12.3 Å². The van der Waals surface area contributed by atoms with E-state index in [1.54, 1.807) is 12.1 Å². The molecule has 22 heavy (non-hydrogen) atoms. The van der Waals surface area contributed by atoms with Crippen molar-refractivity contribution in [2.75, 3.05) is 24.2 Å². The van der Waals surface area contributed by atoms with E-state index in [0.29, 0.717) is 11.4 Å². The van der Waals surface area contributed by atoms with E-state index >= 15 is 0 Å². The van der Waals surface area contributed by atoms with E-state index < -0.39 is 10.0 Å². The molecule has 0 aliphatic rings. The lowest BCUT2D eigenvalue weighted by Gasteiger charge is -2.23. The molecule has 0 aromatic heterocycles. The predicted molar refractivity (Wildman–Crippen MR) is 88.1 cm³/mol. The van der Waals surface area contributed by atoms with Crippen LogP contribution in [0, 0.1) is 0 Å². The Labute approximate surface area is 136 Å². The molecule has 0 aliphatic carbocycles. The van der Waals surface area contributed by atoms with Crippen molar-refractivity contribution in [1.29, 1.82) is 0 Å². The highest BCUT2D eigenvalue weighted by atomic mass is 35.5. The van der Waals surface area contributed by atoms with E-state index in [0.717, 1.165) is 17.0 Å². The molecule has 1 aromatic carbocycles. The van der Waals surface area contributed by atoms with Gasteiger partial charge in [-0.1, -0.05) is 18.5 Å². The van der Waals surface area contributed by atoms with Crippen molar-refractivity contribution in [2.24, 2.45) is 0 Å². The molecule has 1 rings (SSSR count). The maximum Gasteiger partial charge on any atom is 0.240 e. The van der Waals surface area contributed by atoms with Gasteiger partial charge in [-0.15, -0.1) is 0 Å². The second-order valence-corrected chi connectivity index (χ2v) is 7.28. The van der Waals surface area contributed by atoms with Crippen molar-refractivity contribution < 1.29 is 17.9 Å². The van der Waals surface area contributed by atoms with E-state index in [1.165, 1.54) is 13.2 Å². The van der Waals surface area contributed by atoms with Crippen LogP contribution < -0.4 is 14.4 Å². The van der Waals surface area contributed by atoms with Crippen LogP contribution in [-0.2, 0) is 14.8 Å². The molecule has 1 N–H and O–H groups in total. The van der Waals surface area contributed by atoms with Crippen LogP contribution in [0.5, 0.6) is 5.75 Å². The van der Waals surface area contributed by atoms with Crippen LogP contribution in [0.25, 0.3) is 0 Å². The lowest BCUT2D eigenvalue weighted by atomic mass is 10.2. The normalized spacial score (nSPS) is 12.6. The van der Waals surface area contributed by atoms with Gasteiger partial charge < -0.3 is 10.1 Å². The zero-order chi connectivity index (χ0) is 16.9. The maximum atomic E-state index is 12.0. The molecular weight excluding hydrogens is 328 g/mol. The van der Waals surface area contributed by atoms with Gasteiger partial charge in [-0.05, 0) is 31.5 Å². The number of hydrogen-bond donors (Lipinski definition) is 1. The molecule has 0 spiro atoms. The Hall–Kier alpha value is -1.47. The monoisotopic (exact) mass is 348 g/mol. The summed E-state index contributed by atoms with van der Waals surface area (Å²) in [6.45, 7) is 3.49. The number of nitrogens with one attached hydrogen (secondary N) is 1. The van der Waals surface area contributed by atoms with E-state index in [1.807, 2.05) is 13.8 Å². The third-order valence-electron chi connectivity index (χ3n) is 3.13. The number of ether oxygens (including phenoxy) is 1. The second kappa shape index (κ2) is 7.69. The standard InChI is InChI=1S/C14H21ClN2O4S/c1-5-10(2)16-14(18)9-17(22(4,19)20)11-6-7-13(21-3)12(15)8-11/h6-8,10H,5,9H2,1-4H3,(H,16,18)/t10-/m1/s1. The molecule has 1 aromatic rings. The van der Waals surface area contributed by atoms with Gasteiger partial charge in [-0.2, -0.15) is 0 Å². The Morgan fingerprint density at radius 2 is 2.09 bits per heavy atom. The van der Waals surface area contributed by atoms with Gasteiger partial charge in [0.2, 0.25) is 15.9 Å². The smallest absolute Gasteiger partial charge is 0.240 e. The summed E-state index contributed by atoms with van der Waals surface area (Å²) < 4.78 is 30.0. The van der Waals surface area contributed by atoms with Crippen molar-refractivity contribution in [3.63, 3.8) is 0 Å². The van der Waals surface area contributed by atoms with Crippen molar-refractivity contribution in [3.05, 3.63) is 23.2 Å². The van der Waals surface area contributed by atoms with E-state index in [2.05, 4.69) is 5.32 Å². The first-order chi connectivity index (χ1) is 10.2. The van der Waals surface area contributed by atoms with Gasteiger partial charge >= 0.3 is 0 Å². The van der Waals surface area contributed by atoms with Crippen LogP contribution in [0.1, 0.15) is 20.3 Å². The summed E-state index contributed by atoms with van der Waals surface area (Å²) in [5.41, 5.74) is 0.313. The Morgan fingerprint density at radius 3 is 2.55 bits per heavy atom. The second-order valence-electron chi connectivity index (χ2n) is 4.97. The summed E-state index contributed by atoms with van der Waals surface area (Å²) in [6, 6.07) is 4.54. The number of carbonyl (C=O) groups excluding carboxylic acids is 1. The Bertz CT molecular complexity index is 634. The average molecular weight is 349 g/mol. The van der Waals surface area contributed by atoms with Crippen molar-refractivity contribution in [2.45, 2.75) is 26.3 Å². The van der Waals surface area contributed by atoms with Crippen molar-refractivity contribution >= 4 is 33.2 Å². The molecule has 0 saturated carbocycles. The fraction of sp³-hybridized carbons (Fsp3) is 0.500. The van der Waals surface area contributed by atoms with Gasteiger partial charge in [0, 0.05) is 6.04 Å². The van der Waals surface area contributed by atoms with Crippen molar-refractivity contribution in [3.8, 4) is 5.75 Å². The number of benzene rings is 1. The quantitative estimate of drug-likeness (QED) is 0.818. The molecule has 0 radical (unpaired) electrons. The number of methoxy groups -OCH3 is 1. The lowest BCUT2D eigenvalue weighted by molar-refractivity contribution is -0.120. The molecule has 0 saturated heterocycles. The van der Waals surface area contributed by atoms with Gasteiger partial charge in [0.25, 0.3) is 0 Å². The molecule has 0 bridgehead atoms. The number of hydrogen-bond acceptors (Lipinski definition) is 4. The SMILES string of the molecule is CC[C@@H](C)NC(=O)CN(c1ccc(OC)c(Cl)c1)S(C)(=O)=O. The first-order valence-electron chi connectivity index (χ1n) is 6.79. The third-order valence-corrected chi connectivity index (χ3v) is 4.57. The Morgan fingerprint density at radius 1 is 1.45 bits per heavy atom. The summed E-state index contributed by atoms with van der Waals surface area (Å²) >= 11 is 6.02. The molecular formula is C14H21ClN2O4S. The lowest BCUT2D eigenvalue weighted by Crippen LogP contribution is -2.43. The number of anilines is 1. The average Bonchev–Trinajstić information content (AvgIpc) is 2.43. The van der Waals surface area contributed by atoms with Crippen LogP contribution in [-0.4, -0.2) is 40.3 Å². The van der Waals surface area contributed by atoms with Crippen LogP contribution in [0.4, 0.5) is 5.69 Å². The van der Waals surface area contributed by atoms with Gasteiger partial charge in [-0.25, -0.2) is 8.42 Å². The van der Waals surface area contributed by atoms with Gasteiger partial charge in [0.15, 0.2) is 0 Å². The Balaban J connectivity index is 3.05. The minimum absolute atomic E-state index is 0.0200. The molecule has 0 unspecified atom stereocenters. The fourth-order valence-corrected chi connectivity index (χ4v) is 2.86. The summed E-state index contributed by atoms with van der Waals surface area (Å²) in [7, 11) is -2.15. The highest BCUT2D eigenvalue weighted by Crippen LogP contribution is 2.30. The minimum Gasteiger partial charge on any atom is -0.495 e. The summed E-state index contributed by atoms with van der Waals surface area (Å²) in [5.74, 6) is 0.0645. The van der Waals surface area contributed by atoms with E-state index in [-0.39, 0.29) is 23.5 Å². The fourth-order valence-electron chi connectivity index (χ4n) is 1.76. The number of nitrogens with zero attached hydrogens (tertiary/aromatic N) is 1. The zero-order valence-corrected chi connectivity index (χ0v) is 14.7. The summed E-state index contributed by atoms with van der Waals surface area (Å²) in [6.07, 6.45) is 1.81. The number of carbonyl (C=O) groups is 1. The first kappa shape index (κ1) is 18.6. The molecule has 124 valence electrons. The number of sulfonamides is 1. The number of halogens is 1. The first-order valence-corrected chi connectivity index (χ1v) is 9.02. The van der Waals surface area contributed by atoms with E-state index in [4.69, 9.17) is 16.3 Å². The largest absolute Gasteiger partial charge is 0.495 e. The zero-order valence-electron chi connectivity index (χ0n) is 13.1. The molecule has 6 nitrogen and oxygen atoms in total. The molecule has 0 aliphatic heterocycles. The highest BCUT2D eigenvalue weighted by molar-refractivity contribution is 7.92. The predicted octanol–water partition coefficient (Wildman–Crippen LogP) is 2.03. The summed E-state index contributed by atoms with van der Waals surface area (Å²) in [5, 5.41) is 3.01.